The van der Waals surface area contributed by atoms with Gasteiger partial charge in [0, 0.05) is 23.6 Å². The van der Waals surface area contributed by atoms with Crippen molar-refractivity contribution in [2.45, 2.75) is 32.1 Å². The van der Waals surface area contributed by atoms with Crippen LogP contribution in [0.25, 0.3) is 5.69 Å². The molecule has 1 atom stereocenters. The number of ketones is 1. The first-order chi connectivity index (χ1) is 14.6. The first-order valence-electron chi connectivity index (χ1n) is 10.1. The quantitative estimate of drug-likeness (QED) is 0.692. The Labute approximate surface area is 172 Å². The number of aryl methyl sites for hydroxylation is 1. The molecule has 0 fully saturated rings. The van der Waals surface area contributed by atoms with Crippen LogP contribution in [0.15, 0.2) is 75.5 Å². The summed E-state index contributed by atoms with van der Waals surface area (Å²) in [6.07, 6.45) is 1.92. The van der Waals surface area contributed by atoms with Crippen molar-refractivity contribution < 1.29 is 4.79 Å². The first kappa shape index (κ1) is 18.4. The Balaban J connectivity index is 1.87. The third kappa shape index (κ3) is 2.76. The fraction of sp³-hybridized carbons (Fsp3) is 0.208. The Kier molecular flexibility index (Phi) is 4.28. The topological polar surface area (TPSA) is 84.0 Å². The second-order valence-corrected chi connectivity index (χ2v) is 7.78. The Hall–Kier alpha value is -3.67. The largest absolute Gasteiger partial charge is 0.344 e. The molecular formula is C24H21N3O3. The molecule has 0 amide bonds. The van der Waals surface area contributed by atoms with Gasteiger partial charge < -0.3 is 5.32 Å². The Morgan fingerprint density at radius 2 is 1.67 bits per heavy atom. The zero-order valence-corrected chi connectivity index (χ0v) is 16.6. The molecule has 6 heteroatoms. The standard InChI is InChI=1S/C24H21N3O3/c1-14-8-5-6-11-16(14)19-20-17(12-7-13-18(20)28)25-22-21(19)23(29)26-24(30)27(22)15-9-3-2-4-10-15/h2-6,8-11,19,25H,7,12-13H2,1H3,(H,26,29,30)/t19-/m0/s1. The molecular weight excluding hydrogens is 378 g/mol. The molecule has 1 aliphatic carbocycles. The van der Waals surface area contributed by atoms with Gasteiger partial charge in [-0.1, -0.05) is 42.5 Å². The van der Waals surface area contributed by atoms with Crippen LogP contribution in [0.4, 0.5) is 5.82 Å². The summed E-state index contributed by atoms with van der Waals surface area (Å²) >= 11 is 0. The van der Waals surface area contributed by atoms with Crippen molar-refractivity contribution >= 4 is 11.6 Å². The molecule has 0 saturated carbocycles. The number of aromatic amines is 1. The number of Topliss-reactive ketones (excluding diaryl/α,β-unsaturated/α-hetero) is 1. The van der Waals surface area contributed by atoms with E-state index in [1.165, 1.54) is 4.57 Å². The van der Waals surface area contributed by atoms with Crippen molar-refractivity contribution in [2.24, 2.45) is 0 Å². The molecule has 0 radical (unpaired) electrons. The van der Waals surface area contributed by atoms with E-state index < -0.39 is 17.2 Å². The van der Waals surface area contributed by atoms with Crippen LogP contribution < -0.4 is 16.6 Å². The van der Waals surface area contributed by atoms with Gasteiger partial charge in [-0.15, -0.1) is 0 Å². The zero-order chi connectivity index (χ0) is 20.8. The SMILES string of the molecule is Cc1ccccc1[C@H]1C2=C(CCCC2=O)Nc2c1c(=O)[nH]c(=O)n2-c1ccccc1. The molecule has 150 valence electrons. The summed E-state index contributed by atoms with van der Waals surface area (Å²) in [5.74, 6) is -0.0132. The summed E-state index contributed by atoms with van der Waals surface area (Å²) in [4.78, 5) is 41.4. The number of nitrogens with one attached hydrogen (secondary N) is 2. The lowest BCUT2D eigenvalue weighted by molar-refractivity contribution is -0.116. The monoisotopic (exact) mass is 399 g/mol. The van der Waals surface area contributed by atoms with E-state index in [0.717, 1.165) is 23.2 Å². The van der Waals surface area contributed by atoms with Gasteiger partial charge in [0.2, 0.25) is 0 Å². The van der Waals surface area contributed by atoms with Gasteiger partial charge in [-0.3, -0.25) is 14.6 Å². The maximum atomic E-state index is 13.1. The Morgan fingerprint density at radius 3 is 2.43 bits per heavy atom. The first-order valence-corrected chi connectivity index (χ1v) is 10.1. The molecule has 5 rings (SSSR count). The van der Waals surface area contributed by atoms with Crippen LogP contribution in [0, 0.1) is 6.92 Å². The van der Waals surface area contributed by atoms with Crippen LogP contribution in [0.1, 0.15) is 41.9 Å². The van der Waals surface area contributed by atoms with Gasteiger partial charge in [0.15, 0.2) is 5.78 Å². The highest BCUT2D eigenvalue weighted by Gasteiger charge is 2.39. The molecule has 0 saturated heterocycles. The number of aromatic nitrogens is 2. The average molecular weight is 399 g/mol. The van der Waals surface area contributed by atoms with Crippen molar-refractivity contribution in [3.63, 3.8) is 0 Å². The summed E-state index contributed by atoms with van der Waals surface area (Å²) in [6.45, 7) is 1.98. The predicted octanol–water partition coefficient (Wildman–Crippen LogP) is 3.40. The lowest BCUT2D eigenvalue weighted by Crippen LogP contribution is -2.39. The smallest absolute Gasteiger partial charge is 0.334 e. The van der Waals surface area contributed by atoms with Crippen LogP contribution in [0.3, 0.4) is 0 Å². The van der Waals surface area contributed by atoms with E-state index in [-0.39, 0.29) is 5.78 Å². The third-order valence-electron chi connectivity index (χ3n) is 5.96. The van der Waals surface area contributed by atoms with Gasteiger partial charge in [-0.25, -0.2) is 9.36 Å². The second-order valence-electron chi connectivity index (χ2n) is 7.78. The average Bonchev–Trinajstić information content (AvgIpc) is 2.74. The minimum atomic E-state index is -0.510. The number of para-hydroxylation sites is 1. The molecule has 2 heterocycles. The molecule has 2 N–H and O–H groups in total. The Bertz CT molecular complexity index is 1320. The molecule has 2 aromatic carbocycles. The number of carbonyl (C=O) groups excluding carboxylic acids is 1. The van der Waals surface area contributed by atoms with Crippen LogP contribution in [-0.4, -0.2) is 15.3 Å². The highest BCUT2D eigenvalue weighted by Crippen LogP contribution is 2.44. The summed E-state index contributed by atoms with van der Waals surface area (Å²) in [5, 5.41) is 3.30. The van der Waals surface area contributed by atoms with E-state index in [9.17, 15) is 14.4 Å². The number of H-pyrrole nitrogens is 1. The number of hydrogen-bond donors (Lipinski definition) is 2. The van der Waals surface area contributed by atoms with Crippen molar-refractivity contribution in [1.82, 2.24) is 9.55 Å². The second kappa shape index (κ2) is 6.99. The maximum Gasteiger partial charge on any atom is 0.334 e. The molecule has 0 unspecified atom stereocenters. The van der Waals surface area contributed by atoms with Crippen molar-refractivity contribution in [2.75, 3.05) is 5.32 Å². The van der Waals surface area contributed by atoms with Crippen molar-refractivity contribution in [3.8, 4) is 5.69 Å². The summed E-state index contributed by atoms with van der Waals surface area (Å²) < 4.78 is 1.49. The number of allylic oxidation sites excluding steroid dienone is 2. The van der Waals surface area contributed by atoms with Crippen LogP contribution in [-0.2, 0) is 4.79 Å². The van der Waals surface area contributed by atoms with E-state index in [0.29, 0.717) is 35.5 Å². The number of anilines is 1. The molecule has 2 aliphatic rings. The number of rotatable bonds is 2. The molecule has 0 spiro atoms. The molecule has 3 aromatic rings. The lowest BCUT2D eigenvalue weighted by Gasteiger charge is -2.34. The van der Waals surface area contributed by atoms with Gasteiger partial charge >= 0.3 is 5.69 Å². The number of fused-ring (bicyclic) bond motifs is 1. The van der Waals surface area contributed by atoms with E-state index in [4.69, 9.17) is 0 Å². The number of nitrogens with zero attached hydrogens (tertiary/aromatic N) is 1. The van der Waals surface area contributed by atoms with E-state index >= 15 is 0 Å². The fourth-order valence-electron chi connectivity index (χ4n) is 4.60. The third-order valence-corrected chi connectivity index (χ3v) is 5.96. The normalized spacial score (nSPS) is 17.9. The highest BCUT2D eigenvalue weighted by molar-refractivity contribution is 6.01. The molecule has 0 bridgehead atoms. The minimum absolute atomic E-state index is 0.0551. The predicted molar refractivity (Wildman–Crippen MR) is 115 cm³/mol. The summed E-state index contributed by atoms with van der Waals surface area (Å²) in [7, 11) is 0. The van der Waals surface area contributed by atoms with E-state index in [1.807, 2.05) is 61.5 Å². The van der Waals surface area contributed by atoms with Gasteiger partial charge in [-0.2, -0.15) is 0 Å². The van der Waals surface area contributed by atoms with Gasteiger partial charge in [0.1, 0.15) is 5.82 Å². The number of carbonyl (C=O) groups is 1. The highest BCUT2D eigenvalue weighted by atomic mass is 16.2. The van der Waals surface area contributed by atoms with Crippen molar-refractivity contribution in [3.05, 3.63) is 103 Å². The Morgan fingerprint density at radius 1 is 0.933 bits per heavy atom. The van der Waals surface area contributed by atoms with Crippen LogP contribution in [0.2, 0.25) is 0 Å². The van der Waals surface area contributed by atoms with Crippen molar-refractivity contribution in [1.29, 1.82) is 0 Å². The van der Waals surface area contributed by atoms with Gasteiger partial charge in [-0.05, 0) is 43.0 Å². The summed E-state index contributed by atoms with van der Waals surface area (Å²) in [5.41, 5.74) is 3.44. The molecule has 30 heavy (non-hydrogen) atoms. The van der Waals surface area contributed by atoms with Crippen LogP contribution >= 0.6 is 0 Å². The van der Waals surface area contributed by atoms with E-state index in [1.54, 1.807) is 0 Å². The van der Waals surface area contributed by atoms with Gasteiger partial charge in [0.05, 0.1) is 11.3 Å². The van der Waals surface area contributed by atoms with Gasteiger partial charge in [0.25, 0.3) is 5.56 Å². The zero-order valence-electron chi connectivity index (χ0n) is 16.6. The summed E-state index contributed by atoms with van der Waals surface area (Å²) in [6, 6.07) is 17.0. The van der Waals surface area contributed by atoms with E-state index in [2.05, 4.69) is 10.3 Å². The fourth-order valence-corrected chi connectivity index (χ4v) is 4.60. The molecule has 1 aliphatic heterocycles. The lowest BCUT2D eigenvalue weighted by atomic mass is 9.75. The number of hydrogen-bond acceptors (Lipinski definition) is 4. The molecule has 1 aromatic heterocycles. The minimum Gasteiger partial charge on any atom is -0.344 e. The number of benzene rings is 2. The maximum absolute atomic E-state index is 13.1. The molecule has 6 nitrogen and oxygen atoms in total. The van der Waals surface area contributed by atoms with Crippen LogP contribution in [0.5, 0.6) is 0 Å².